The van der Waals surface area contributed by atoms with Gasteiger partial charge in [-0.3, -0.25) is 4.79 Å². The van der Waals surface area contributed by atoms with Gasteiger partial charge in [0.25, 0.3) is 0 Å². The largest absolute Gasteiger partial charge is 0.481 e. The number of aromatic nitrogens is 3. The molecular formula is C14H21N3O2S. The van der Waals surface area contributed by atoms with Gasteiger partial charge < -0.3 is 9.67 Å². The first-order valence-corrected chi connectivity index (χ1v) is 8.36. The monoisotopic (exact) mass is 295 g/mol. The van der Waals surface area contributed by atoms with Gasteiger partial charge in [0.15, 0.2) is 5.16 Å². The topological polar surface area (TPSA) is 68.0 Å². The van der Waals surface area contributed by atoms with Crippen LogP contribution in [0.4, 0.5) is 0 Å². The van der Waals surface area contributed by atoms with Gasteiger partial charge in [-0.1, -0.05) is 25.6 Å². The molecular weight excluding hydrogens is 274 g/mol. The molecule has 1 aromatic heterocycles. The fraction of sp³-hybridized carbons (Fsp3) is 0.786. The quantitative estimate of drug-likeness (QED) is 0.783. The Bertz CT molecular complexity index is 495. The molecule has 0 bridgehead atoms. The molecule has 6 heteroatoms. The van der Waals surface area contributed by atoms with Gasteiger partial charge in [-0.25, -0.2) is 0 Å². The second-order valence-corrected chi connectivity index (χ2v) is 7.16. The maximum Gasteiger partial charge on any atom is 0.313 e. The van der Waals surface area contributed by atoms with Crippen LogP contribution in [0.5, 0.6) is 0 Å². The Labute approximate surface area is 123 Å². The van der Waals surface area contributed by atoms with Gasteiger partial charge in [0, 0.05) is 12.0 Å². The third-order valence-corrected chi connectivity index (χ3v) is 4.97. The molecule has 0 spiro atoms. The van der Waals surface area contributed by atoms with Crippen molar-refractivity contribution < 1.29 is 9.90 Å². The van der Waals surface area contributed by atoms with Crippen molar-refractivity contribution in [1.82, 2.24) is 14.8 Å². The fourth-order valence-corrected chi connectivity index (χ4v) is 3.57. The van der Waals surface area contributed by atoms with E-state index in [2.05, 4.69) is 28.6 Å². The highest BCUT2D eigenvalue weighted by molar-refractivity contribution is 7.99. The number of carboxylic acid groups (broad SMARTS) is 1. The lowest BCUT2D eigenvalue weighted by molar-refractivity contribution is -0.133. The van der Waals surface area contributed by atoms with Crippen LogP contribution in [0, 0.1) is 11.8 Å². The Kier molecular flexibility index (Phi) is 3.75. The molecule has 5 nitrogen and oxygen atoms in total. The number of thioether (sulfide) groups is 1. The summed E-state index contributed by atoms with van der Waals surface area (Å²) in [6.07, 6.45) is 5.17. The maximum atomic E-state index is 10.8. The van der Waals surface area contributed by atoms with Crippen LogP contribution in [0.3, 0.4) is 0 Å². The normalized spacial score (nSPS) is 19.0. The maximum absolute atomic E-state index is 10.8. The average Bonchev–Trinajstić information content (AvgIpc) is 3.27. The standard InChI is InChI=1S/C14H21N3O2S/c1-8(2)13-15-16-14(20-7-11(18)19)17(13)12(9-3-4-9)10-5-6-10/h8-10,12H,3-7H2,1-2H3,(H,18,19). The van der Waals surface area contributed by atoms with Gasteiger partial charge in [0.1, 0.15) is 5.82 Å². The van der Waals surface area contributed by atoms with Crippen LogP contribution in [0.25, 0.3) is 0 Å². The van der Waals surface area contributed by atoms with E-state index in [9.17, 15) is 4.79 Å². The van der Waals surface area contributed by atoms with E-state index in [1.54, 1.807) is 0 Å². The summed E-state index contributed by atoms with van der Waals surface area (Å²) >= 11 is 1.30. The third-order valence-electron chi connectivity index (χ3n) is 4.04. The molecule has 0 radical (unpaired) electrons. The van der Waals surface area contributed by atoms with E-state index in [1.807, 2.05) is 0 Å². The summed E-state index contributed by atoms with van der Waals surface area (Å²) in [5.41, 5.74) is 0. The highest BCUT2D eigenvalue weighted by Crippen LogP contribution is 2.53. The third kappa shape index (κ3) is 2.85. The number of rotatable bonds is 7. The molecule has 0 unspecified atom stereocenters. The Hall–Kier alpha value is -1.04. The van der Waals surface area contributed by atoms with E-state index in [0.717, 1.165) is 22.8 Å². The SMILES string of the molecule is CC(C)c1nnc(SCC(=O)O)n1C(C1CC1)C1CC1. The lowest BCUT2D eigenvalue weighted by Crippen LogP contribution is -2.18. The molecule has 3 rings (SSSR count). The molecule has 0 aliphatic heterocycles. The second-order valence-electron chi connectivity index (χ2n) is 6.21. The van der Waals surface area contributed by atoms with Gasteiger partial charge in [-0.2, -0.15) is 0 Å². The minimum atomic E-state index is -0.801. The average molecular weight is 295 g/mol. The predicted molar refractivity (Wildman–Crippen MR) is 77.0 cm³/mol. The lowest BCUT2D eigenvalue weighted by atomic mass is 10.1. The van der Waals surface area contributed by atoms with Crippen LogP contribution in [-0.4, -0.2) is 31.6 Å². The Morgan fingerprint density at radius 3 is 2.35 bits per heavy atom. The Balaban J connectivity index is 1.91. The molecule has 1 aromatic rings. The summed E-state index contributed by atoms with van der Waals surface area (Å²) in [5, 5.41) is 18.3. The fourth-order valence-electron chi connectivity index (χ4n) is 2.87. The smallest absolute Gasteiger partial charge is 0.313 e. The van der Waals surface area contributed by atoms with E-state index in [0.29, 0.717) is 12.0 Å². The molecule has 0 saturated heterocycles. The molecule has 0 atom stereocenters. The second kappa shape index (κ2) is 5.39. The highest BCUT2D eigenvalue weighted by atomic mass is 32.2. The minimum absolute atomic E-state index is 0.0539. The summed E-state index contributed by atoms with van der Waals surface area (Å²) < 4.78 is 2.27. The van der Waals surface area contributed by atoms with Crippen molar-refractivity contribution in [2.75, 3.05) is 5.75 Å². The van der Waals surface area contributed by atoms with Gasteiger partial charge in [0.2, 0.25) is 0 Å². The van der Waals surface area contributed by atoms with Crippen molar-refractivity contribution in [3.05, 3.63) is 5.82 Å². The zero-order chi connectivity index (χ0) is 14.3. The van der Waals surface area contributed by atoms with Crippen LogP contribution in [-0.2, 0) is 4.79 Å². The van der Waals surface area contributed by atoms with Crippen LogP contribution >= 0.6 is 11.8 Å². The zero-order valence-corrected chi connectivity index (χ0v) is 12.8. The van der Waals surface area contributed by atoms with Crippen LogP contribution < -0.4 is 0 Å². The summed E-state index contributed by atoms with van der Waals surface area (Å²) in [6.45, 7) is 4.26. The van der Waals surface area contributed by atoms with Gasteiger partial charge >= 0.3 is 5.97 Å². The first-order valence-electron chi connectivity index (χ1n) is 7.37. The summed E-state index contributed by atoms with van der Waals surface area (Å²) in [4.78, 5) is 10.8. The lowest BCUT2D eigenvalue weighted by Gasteiger charge is -2.22. The molecule has 2 aliphatic carbocycles. The molecule has 0 aromatic carbocycles. The summed E-state index contributed by atoms with van der Waals surface area (Å²) in [6, 6.07) is 0.499. The van der Waals surface area contributed by atoms with E-state index in [-0.39, 0.29) is 5.75 Å². The molecule has 2 saturated carbocycles. The molecule has 0 amide bonds. The minimum Gasteiger partial charge on any atom is -0.481 e. The van der Waals surface area contributed by atoms with E-state index in [4.69, 9.17) is 5.11 Å². The summed E-state index contributed by atoms with van der Waals surface area (Å²) in [7, 11) is 0. The molecule has 2 fully saturated rings. The van der Waals surface area contributed by atoms with Gasteiger partial charge in [0.05, 0.1) is 5.75 Å². The van der Waals surface area contributed by atoms with Crippen molar-refractivity contribution in [1.29, 1.82) is 0 Å². The number of aliphatic carboxylic acids is 1. The van der Waals surface area contributed by atoms with Crippen LogP contribution in [0.2, 0.25) is 0 Å². The van der Waals surface area contributed by atoms with Crippen LogP contribution in [0.15, 0.2) is 5.16 Å². The van der Waals surface area contributed by atoms with Crippen molar-refractivity contribution in [3.63, 3.8) is 0 Å². The first-order chi connectivity index (χ1) is 9.58. The van der Waals surface area contributed by atoms with Crippen molar-refractivity contribution in [2.45, 2.75) is 56.6 Å². The molecule has 2 aliphatic rings. The molecule has 20 heavy (non-hydrogen) atoms. The Morgan fingerprint density at radius 1 is 1.30 bits per heavy atom. The number of nitrogens with zero attached hydrogens (tertiary/aromatic N) is 3. The Morgan fingerprint density at radius 2 is 1.90 bits per heavy atom. The molecule has 1 N–H and O–H groups in total. The van der Waals surface area contributed by atoms with Crippen LogP contribution in [0.1, 0.15) is 57.3 Å². The number of carbonyl (C=O) groups is 1. The highest BCUT2D eigenvalue weighted by Gasteiger charge is 2.44. The molecule has 110 valence electrons. The number of hydrogen-bond acceptors (Lipinski definition) is 4. The number of hydrogen-bond donors (Lipinski definition) is 1. The van der Waals surface area contributed by atoms with Crippen molar-refractivity contribution in [3.8, 4) is 0 Å². The summed E-state index contributed by atoms with van der Waals surface area (Å²) in [5.74, 6) is 2.09. The van der Waals surface area contributed by atoms with Crippen molar-refractivity contribution >= 4 is 17.7 Å². The zero-order valence-electron chi connectivity index (χ0n) is 12.0. The van der Waals surface area contributed by atoms with Crippen molar-refractivity contribution in [2.24, 2.45) is 11.8 Å². The van der Waals surface area contributed by atoms with E-state index in [1.165, 1.54) is 37.4 Å². The van der Waals surface area contributed by atoms with Gasteiger partial charge in [-0.05, 0) is 37.5 Å². The van der Waals surface area contributed by atoms with E-state index >= 15 is 0 Å². The predicted octanol–water partition coefficient (Wildman–Crippen LogP) is 2.94. The van der Waals surface area contributed by atoms with E-state index < -0.39 is 5.97 Å². The van der Waals surface area contributed by atoms with Gasteiger partial charge in [-0.15, -0.1) is 10.2 Å². The molecule has 1 heterocycles. The number of carboxylic acids is 1. The first kappa shape index (κ1) is 13.9.